The van der Waals surface area contributed by atoms with Crippen molar-refractivity contribution in [2.24, 2.45) is 0 Å². The molecule has 6 heteroatoms. The molecular weight excluding hydrogens is 275 g/mol. The van der Waals surface area contributed by atoms with Gasteiger partial charge in [0.05, 0.1) is 12.1 Å². The van der Waals surface area contributed by atoms with Crippen molar-refractivity contribution in [1.29, 1.82) is 0 Å². The molecule has 110 valence electrons. The third kappa shape index (κ3) is 1.78. The van der Waals surface area contributed by atoms with Crippen LogP contribution >= 0.6 is 0 Å². The highest BCUT2D eigenvalue weighted by Crippen LogP contribution is 2.37. The minimum absolute atomic E-state index is 0.307. The van der Waals surface area contributed by atoms with E-state index >= 15 is 0 Å². The average Bonchev–Trinajstić information content (AvgIpc) is 2.62. The first kappa shape index (κ1) is 12.5. The van der Waals surface area contributed by atoms with Gasteiger partial charge in [0, 0.05) is 36.7 Å². The number of nitrogens with zero attached hydrogens (tertiary/aromatic N) is 2. The molecule has 1 aromatic carbocycles. The Morgan fingerprint density at radius 2 is 2.05 bits per heavy atom. The van der Waals surface area contributed by atoms with Crippen LogP contribution in [0.2, 0.25) is 0 Å². The smallest absolute Gasteiger partial charge is 0.407 e. The van der Waals surface area contributed by atoms with Gasteiger partial charge in [0.1, 0.15) is 18.2 Å². The molecule has 2 aliphatic rings. The second-order valence-electron chi connectivity index (χ2n) is 5.50. The van der Waals surface area contributed by atoms with E-state index < -0.39 is 6.09 Å². The first-order chi connectivity index (χ1) is 10.1. The van der Waals surface area contributed by atoms with Gasteiger partial charge in [-0.3, -0.25) is 0 Å². The summed E-state index contributed by atoms with van der Waals surface area (Å²) in [4.78, 5) is 12.6. The van der Waals surface area contributed by atoms with Gasteiger partial charge in [-0.25, -0.2) is 9.18 Å². The second-order valence-corrected chi connectivity index (χ2v) is 5.50. The van der Waals surface area contributed by atoms with Gasteiger partial charge < -0.3 is 19.3 Å². The summed E-state index contributed by atoms with van der Waals surface area (Å²) >= 11 is 0. The lowest BCUT2D eigenvalue weighted by Gasteiger charge is -2.20. The number of hydrogen-bond donors (Lipinski definition) is 1. The largest absolute Gasteiger partial charge is 0.489 e. The zero-order valence-corrected chi connectivity index (χ0v) is 11.4. The summed E-state index contributed by atoms with van der Waals surface area (Å²) in [6.45, 7) is 2.19. The summed E-state index contributed by atoms with van der Waals surface area (Å²) in [7, 11) is 0. The zero-order valence-electron chi connectivity index (χ0n) is 11.4. The molecular formula is C15H15FN2O3. The molecule has 21 heavy (non-hydrogen) atoms. The number of halogens is 1. The van der Waals surface area contributed by atoms with Crippen LogP contribution in [-0.2, 0) is 19.4 Å². The molecule has 3 heterocycles. The van der Waals surface area contributed by atoms with Crippen molar-refractivity contribution in [2.45, 2.75) is 19.4 Å². The molecule has 0 atom stereocenters. The fourth-order valence-electron chi connectivity index (χ4n) is 3.50. The molecule has 1 amide bonds. The number of aromatic nitrogens is 1. The highest BCUT2D eigenvalue weighted by molar-refractivity contribution is 5.91. The van der Waals surface area contributed by atoms with Crippen LogP contribution in [-0.4, -0.2) is 40.4 Å². The average molecular weight is 290 g/mol. The fourth-order valence-corrected chi connectivity index (χ4v) is 3.50. The Bertz CT molecular complexity index is 753. The first-order valence-corrected chi connectivity index (χ1v) is 7.09. The van der Waals surface area contributed by atoms with Crippen LogP contribution in [0.3, 0.4) is 0 Å². The molecule has 0 spiro atoms. The van der Waals surface area contributed by atoms with E-state index in [1.54, 1.807) is 6.07 Å². The van der Waals surface area contributed by atoms with E-state index in [2.05, 4.69) is 4.57 Å². The molecule has 1 aromatic heterocycles. The zero-order chi connectivity index (χ0) is 14.6. The van der Waals surface area contributed by atoms with E-state index in [9.17, 15) is 9.18 Å². The van der Waals surface area contributed by atoms with Gasteiger partial charge in [-0.15, -0.1) is 0 Å². The van der Waals surface area contributed by atoms with Crippen LogP contribution in [0.4, 0.5) is 9.18 Å². The highest BCUT2D eigenvalue weighted by atomic mass is 19.1. The number of rotatable bonds is 0. The Balaban J connectivity index is 1.91. The van der Waals surface area contributed by atoms with Crippen molar-refractivity contribution in [3.63, 3.8) is 0 Å². The number of benzene rings is 1. The van der Waals surface area contributed by atoms with E-state index in [-0.39, 0.29) is 5.82 Å². The van der Waals surface area contributed by atoms with E-state index in [1.165, 1.54) is 11.0 Å². The molecule has 0 radical (unpaired) electrons. The SMILES string of the molecule is O=C(O)N1CCc2c(n3c4c(cc(F)cc24)OCC3)CC1. The molecule has 0 saturated heterocycles. The molecule has 0 aliphatic carbocycles. The van der Waals surface area contributed by atoms with Crippen molar-refractivity contribution in [3.05, 3.63) is 29.2 Å². The lowest BCUT2D eigenvalue weighted by atomic mass is 10.1. The van der Waals surface area contributed by atoms with Crippen LogP contribution in [0.15, 0.2) is 12.1 Å². The molecule has 0 unspecified atom stereocenters. The standard InChI is InChI=1S/C15H15FN2O3/c16-9-7-11-10-1-3-17(15(19)20)4-2-12(10)18-5-6-21-13(8-9)14(11)18/h7-8H,1-6H2,(H,19,20). The molecule has 0 bridgehead atoms. The maximum Gasteiger partial charge on any atom is 0.407 e. The number of fused-ring (bicyclic) bond motifs is 3. The highest BCUT2D eigenvalue weighted by Gasteiger charge is 2.27. The maximum atomic E-state index is 13.8. The summed E-state index contributed by atoms with van der Waals surface area (Å²) in [5, 5.41) is 10.0. The molecule has 5 nitrogen and oxygen atoms in total. The van der Waals surface area contributed by atoms with E-state index in [4.69, 9.17) is 9.84 Å². The van der Waals surface area contributed by atoms with Crippen LogP contribution < -0.4 is 4.74 Å². The van der Waals surface area contributed by atoms with E-state index in [1.807, 2.05) is 0 Å². The Kier molecular flexibility index (Phi) is 2.60. The lowest BCUT2D eigenvalue weighted by Crippen LogP contribution is -2.32. The quantitative estimate of drug-likeness (QED) is 0.809. The minimum Gasteiger partial charge on any atom is -0.489 e. The first-order valence-electron chi connectivity index (χ1n) is 7.09. The van der Waals surface area contributed by atoms with Crippen molar-refractivity contribution < 1.29 is 19.0 Å². The fraction of sp³-hybridized carbons (Fsp3) is 0.400. The van der Waals surface area contributed by atoms with Crippen molar-refractivity contribution in [1.82, 2.24) is 9.47 Å². The van der Waals surface area contributed by atoms with Gasteiger partial charge in [0.15, 0.2) is 0 Å². The summed E-state index contributed by atoms with van der Waals surface area (Å²) < 4.78 is 21.6. The third-order valence-corrected chi connectivity index (χ3v) is 4.40. The number of amides is 1. The van der Waals surface area contributed by atoms with Gasteiger partial charge in [-0.2, -0.15) is 0 Å². The molecule has 1 N–H and O–H groups in total. The number of hydrogen-bond acceptors (Lipinski definition) is 2. The normalized spacial score (nSPS) is 17.3. The van der Waals surface area contributed by atoms with Crippen LogP contribution in [0.1, 0.15) is 11.3 Å². The predicted octanol–water partition coefficient (Wildman–Crippen LogP) is 2.25. The molecule has 0 saturated carbocycles. The van der Waals surface area contributed by atoms with Crippen molar-refractivity contribution in [3.8, 4) is 5.75 Å². The predicted molar refractivity (Wildman–Crippen MR) is 74.4 cm³/mol. The Labute approximate surface area is 120 Å². The second kappa shape index (κ2) is 4.38. The van der Waals surface area contributed by atoms with Gasteiger partial charge in [0.25, 0.3) is 0 Å². The molecule has 2 aromatic rings. The van der Waals surface area contributed by atoms with Crippen molar-refractivity contribution >= 4 is 17.0 Å². The van der Waals surface area contributed by atoms with Gasteiger partial charge in [0.2, 0.25) is 0 Å². The Morgan fingerprint density at radius 1 is 1.24 bits per heavy atom. The maximum absolute atomic E-state index is 13.8. The monoisotopic (exact) mass is 290 g/mol. The third-order valence-electron chi connectivity index (χ3n) is 4.40. The number of carboxylic acid groups (broad SMARTS) is 1. The molecule has 4 rings (SSSR count). The molecule has 2 aliphatic heterocycles. The van der Waals surface area contributed by atoms with E-state index in [0.29, 0.717) is 38.3 Å². The Morgan fingerprint density at radius 3 is 2.86 bits per heavy atom. The van der Waals surface area contributed by atoms with E-state index in [0.717, 1.165) is 28.7 Å². The van der Waals surface area contributed by atoms with Gasteiger partial charge in [-0.1, -0.05) is 0 Å². The summed E-state index contributed by atoms with van der Waals surface area (Å²) in [5.41, 5.74) is 3.15. The summed E-state index contributed by atoms with van der Waals surface area (Å²) in [6.07, 6.45) is 0.393. The van der Waals surface area contributed by atoms with Gasteiger partial charge in [-0.05, 0) is 18.1 Å². The lowest BCUT2D eigenvalue weighted by molar-refractivity contribution is 0.147. The molecule has 0 fully saturated rings. The minimum atomic E-state index is -0.890. The summed E-state index contributed by atoms with van der Waals surface area (Å²) in [5.74, 6) is 0.290. The number of ether oxygens (including phenoxy) is 1. The topological polar surface area (TPSA) is 54.7 Å². The van der Waals surface area contributed by atoms with Crippen LogP contribution in [0, 0.1) is 5.82 Å². The van der Waals surface area contributed by atoms with Crippen molar-refractivity contribution in [2.75, 3.05) is 19.7 Å². The Hall–Kier alpha value is -2.24. The van der Waals surface area contributed by atoms with Crippen LogP contribution in [0.5, 0.6) is 5.75 Å². The van der Waals surface area contributed by atoms with Gasteiger partial charge >= 0.3 is 6.09 Å². The summed E-state index contributed by atoms with van der Waals surface area (Å²) in [6, 6.07) is 2.97. The number of carbonyl (C=O) groups is 1. The van der Waals surface area contributed by atoms with Crippen LogP contribution in [0.25, 0.3) is 10.9 Å².